The van der Waals surface area contributed by atoms with Gasteiger partial charge in [0.05, 0.1) is 16.4 Å². The standard InChI is InChI=1S/C9H6ClFN2OS/c1-14-13-4-6-2-9(12-5-15)8(11)3-7(6)10/h2-4H,1H3. The second kappa shape index (κ2) is 5.56. The van der Waals surface area contributed by atoms with Crippen molar-refractivity contribution in [2.24, 2.45) is 10.1 Å². The van der Waals surface area contributed by atoms with Crippen LogP contribution in [-0.4, -0.2) is 18.5 Å². The molecule has 0 aromatic heterocycles. The van der Waals surface area contributed by atoms with Gasteiger partial charge >= 0.3 is 0 Å². The van der Waals surface area contributed by atoms with Gasteiger partial charge in [-0.25, -0.2) is 4.39 Å². The van der Waals surface area contributed by atoms with Gasteiger partial charge in [0, 0.05) is 5.56 Å². The Hall–Kier alpha value is -1.29. The topological polar surface area (TPSA) is 34.0 Å². The minimum absolute atomic E-state index is 0.0620. The summed E-state index contributed by atoms with van der Waals surface area (Å²) in [7, 11) is 1.39. The molecule has 0 saturated carbocycles. The molecule has 0 heterocycles. The first-order chi connectivity index (χ1) is 7.19. The number of rotatable bonds is 3. The number of hydrogen-bond donors (Lipinski definition) is 0. The molecule has 78 valence electrons. The molecular formula is C9H6ClFN2OS. The fraction of sp³-hybridized carbons (Fsp3) is 0.111. The number of thiocarbonyl (C=S) groups is 1. The lowest BCUT2D eigenvalue weighted by molar-refractivity contribution is 0.215. The van der Waals surface area contributed by atoms with Crippen LogP contribution in [0.2, 0.25) is 5.02 Å². The molecule has 15 heavy (non-hydrogen) atoms. The van der Waals surface area contributed by atoms with E-state index in [0.717, 1.165) is 6.07 Å². The third-order valence-corrected chi connectivity index (χ3v) is 1.95. The molecule has 0 radical (unpaired) electrons. The number of isothiocyanates is 1. The minimum atomic E-state index is -0.563. The molecule has 1 aromatic rings. The third kappa shape index (κ3) is 3.09. The highest BCUT2D eigenvalue weighted by Gasteiger charge is 2.06. The van der Waals surface area contributed by atoms with E-state index in [9.17, 15) is 4.39 Å². The predicted octanol–water partition coefficient (Wildman–Crippen LogP) is 3.19. The Balaban J connectivity index is 3.22. The van der Waals surface area contributed by atoms with Crippen LogP contribution in [0.15, 0.2) is 22.3 Å². The van der Waals surface area contributed by atoms with E-state index in [1.54, 1.807) is 0 Å². The van der Waals surface area contributed by atoms with E-state index < -0.39 is 5.82 Å². The van der Waals surface area contributed by atoms with Gasteiger partial charge in [0.25, 0.3) is 0 Å². The Labute approximate surface area is 96.2 Å². The molecule has 3 nitrogen and oxygen atoms in total. The van der Waals surface area contributed by atoms with E-state index in [4.69, 9.17) is 11.6 Å². The van der Waals surface area contributed by atoms with Crippen LogP contribution in [-0.2, 0) is 4.84 Å². The van der Waals surface area contributed by atoms with Crippen LogP contribution in [0.25, 0.3) is 0 Å². The van der Waals surface area contributed by atoms with Crippen LogP contribution in [0, 0.1) is 5.82 Å². The van der Waals surface area contributed by atoms with Crippen molar-refractivity contribution in [2.45, 2.75) is 0 Å². The first kappa shape index (κ1) is 11.8. The molecule has 0 bridgehead atoms. The summed E-state index contributed by atoms with van der Waals surface area (Å²) in [6.45, 7) is 0. The summed E-state index contributed by atoms with van der Waals surface area (Å²) < 4.78 is 13.2. The number of nitrogens with zero attached hydrogens (tertiary/aromatic N) is 2. The van der Waals surface area contributed by atoms with Gasteiger partial charge in [-0.15, -0.1) is 0 Å². The van der Waals surface area contributed by atoms with Gasteiger partial charge in [-0.3, -0.25) is 0 Å². The molecule has 0 unspecified atom stereocenters. The van der Waals surface area contributed by atoms with Crippen molar-refractivity contribution in [3.05, 3.63) is 28.5 Å². The number of aliphatic imine (C=N–C) groups is 1. The summed E-state index contributed by atoms with van der Waals surface area (Å²) in [6.07, 6.45) is 1.35. The maximum Gasteiger partial charge on any atom is 0.151 e. The minimum Gasteiger partial charge on any atom is -0.399 e. The van der Waals surface area contributed by atoms with Crippen molar-refractivity contribution >= 4 is 40.9 Å². The summed E-state index contributed by atoms with van der Waals surface area (Å²) in [4.78, 5) is 8.03. The third-order valence-electron chi connectivity index (χ3n) is 1.53. The Morgan fingerprint density at radius 2 is 2.33 bits per heavy atom. The van der Waals surface area contributed by atoms with E-state index in [-0.39, 0.29) is 10.7 Å². The zero-order chi connectivity index (χ0) is 11.3. The number of benzene rings is 1. The van der Waals surface area contributed by atoms with Crippen LogP contribution in [0.1, 0.15) is 5.56 Å². The summed E-state index contributed by atoms with van der Waals surface area (Å²) in [5.74, 6) is -0.563. The summed E-state index contributed by atoms with van der Waals surface area (Å²) >= 11 is 10.1. The maximum atomic E-state index is 13.2. The van der Waals surface area contributed by atoms with E-state index in [1.165, 1.54) is 19.4 Å². The molecule has 6 heteroatoms. The van der Waals surface area contributed by atoms with Crippen LogP contribution in [0.4, 0.5) is 10.1 Å². The molecular weight excluding hydrogens is 239 g/mol. The van der Waals surface area contributed by atoms with Gasteiger partial charge in [0.1, 0.15) is 12.8 Å². The number of halogens is 2. The Kier molecular flexibility index (Phi) is 4.37. The zero-order valence-electron chi connectivity index (χ0n) is 7.70. The molecule has 0 aliphatic heterocycles. The van der Waals surface area contributed by atoms with E-state index in [1.807, 2.05) is 0 Å². The van der Waals surface area contributed by atoms with Crippen LogP contribution in [0.5, 0.6) is 0 Å². The fourth-order valence-corrected chi connectivity index (χ4v) is 1.19. The number of oxime groups is 1. The highest BCUT2D eigenvalue weighted by atomic mass is 35.5. The van der Waals surface area contributed by atoms with E-state index >= 15 is 0 Å². The molecule has 0 aliphatic rings. The smallest absolute Gasteiger partial charge is 0.151 e. The van der Waals surface area contributed by atoms with Crippen LogP contribution >= 0.6 is 23.8 Å². The summed E-state index contributed by atoms with van der Waals surface area (Å²) in [5.41, 5.74) is 0.552. The molecule has 0 N–H and O–H groups in total. The monoisotopic (exact) mass is 244 g/mol. The van der Waals surface area contributed by atoms with E-state index in [0.29, 0.717) is 5.56 Å². The summed E-state index contributed by atoms with van der Waals surface area (Å²) in [5, 5.41) is 5.81. The van der Waals surface area contributed by atoms with Crippen molar-refractivity contribution in [3.63, 3.8) is 0 Å². The van der Waals surface area contributed by atoms with E-state index in [2.05, 4.69) is 32.4 Å². The summed E-state index contributed by atoms with van der Waals surface area (Å²) in [6, 6.07) is 2.53. The second-order valence-electron chi connectivity index (χ2n) is 2.45. The first-order valence-corrected chi connectivity index (χ1v) is 4.61. The Morgan fingerprint density at radius 1 is 1.60 bits per heavy atom. The SMILES string of the molecule is CON=Cc1cc(N=C=S)c(F)cc1Cl. The molecule has 0 saturated heterocycles. The zero-order valence-corrected chi connectivity index (χ0v) is 9.27. The highest BCUT2D eigenvalue weighted by molar-refractivity contribution is 7.78. The fourth-order valence-electron chi connectivity index (χ4n) is 0.897. The van der Waals surface area contributed by atoms with Gasteiger partial charge in [0.15, 0.2) is 5.82 Å². The molecule has 1 aromatic carbocycles. The average Bonchev–Trinajstić information content (AvgIpc) is 2.20. The lowest BCUT2D eigenvalue weighted by atomic mass is 10.2. The van der Waals surface area contributed by atoms with Gasteiger partial charge < -0.3 is 4.84 Å². The number of hydrogen-bond acceptors (Lipinski definition) is 4. The second-order valence-corrected chi connectivity index (χ2v) is 3.04. The normalized spacial score (nSPS) is 10.1. The Morgan fingerprint density at radius 3 is 2.93 bits per heavy atom. The van der Waals surface area contributed by atoms with Crippen LogP contribution in [0.3, 0.4) is 0 Å². The van der Waals surface area contributed by atoms with Gasteiger partial charge in [-0.2, -0.15) is 4.99 Å². The highest BCUT2D eigenvalue weighted by Crippen LogP contribution is 2.24. The van der Waals surface area contributed by atoms with Gasteiger partial charge in [-0.05, 0) is 24.4 Å². The molecule has 0 aliphatic carbocycles. The molecule has 0 atom stereocenters. The van der Waals surface area contributed by atoms with Crippen molar-refractivity contribution in [2.75, 3.05) is 7.11 Å². The lowest BCUT2D eigenvalue weighted by Crippen LogP contribution is -1.87. The maximum absolute atomic E-state index is 13.2. The lowest BCUT2D eigenvalue weighted by Gasteiger charge is -2.00. The molecule has 0 amide bonds. The van der Waals surface area contributed by atoms with Gasteiger partial charge in [-0.1, -0.05) is 16.8 Å². The van der Waals surface area contributed by atoms with Crippen molar-refractivity contribution in [1.82, 2.24) is 0 Å². The predicted molar refractivity (Wildman–Crippen MR) is 60.7 cm³/mol. The molecule has 0 fully saturated rings. The Bertz CT molecular complexity index is 444. The van der Waals surface area contributed by atoms with Gasteiger partial charge in [0.2, 0.25) is 0 Å². The van der Waals surface area contributed by atoms with Crippen molar-refractivity contribution in [3.8, 4) is 0 Å². The molecule has 0 spiro atoms. The van der Waals surface area contributed by atoms with Crippen molar-refractivity contribution < 1.29 is 9.23 Å². The van der Waals surface area contributed by atoms with Crippen molar-refractivity contribution in [1.29, 1.82) is 0 Å². The quantitative estimate of drug-likeness (QED) is 0.465. The average molecular weight is 245 g/mol. The molecule has 1 rings (SSSR count). The first-order valence-electron chi connectivity index (χ1n) is 3.82. The largest absolute Gasteiger partial charge is 0.399 e. The van der Waals surface area contributed by atoms with Crippen LogP contribution < -0.4 is 0 Å².